The standard InChI is InChI=1S/C10H23NO3/c1-10(12)9-11(6-8-14-3)5-4-7-13-2/h10,12H,4-9H2,1-3H3/t10-/m1/s1. The van der Waals surface area contributed by atoms with Crippen molar-refractivity contribution in [3.05, 3.63) is 0 Å². The fourth-order valence-electron chi connectivity index (χ4n) is 1.32. The topological polar surface area (TPSA) is 41.9 Å². The van der Waals surface area contributed by atoms with Gasteiger partial charge in [-0.1, -0.05) is 0 Å². The number of hydrogen-bond acceptors (Lipinski definition) is 4. The molecule has 0 aliphatic heterocycles. The van der Waals surface area contributed by atoms with E-state index < -0.39 is 0 Å². The van der Waals surface area contributed by atoms with Crippen molar-refractivity contribution < 1.29 is 14.6 Å². The van der Waals surface area contributed by atoms with Gasteiger partial charge in [0.05, 0.1) is 12.7 Å². The van der Waals surface area contributed by atoms with Crippen molar-refractivity contribution in [2.45, 2.75) is 19.4 Å². The maximum atomic E-state index is 9.26. The summed E-state index contributed by atoms with van der Waals surface area (Å²) >= 11 is 0. The summed E-state index contributed by atoms with van der Waals surface area (Å²) in [6.45, 7) is 5.79. The fraction of sp³-hybridized carbons (Fsp3) is 1.00. The highest BCUT2D eigenvalue weighted by atomic mass is 16.5. The van der Waals surface area contributed by atoms with Crippen molar-refractivity contribution in [3.63, 3.8) is 0 Å². The van der Waals surface area contributed by atoms with Gasteiger partial charge in [0.25, 0.3) is 0 Å². The van der Waals surface area contributed by atoms with Crippen LogP contribution in [0.2, 0.25) is 0 Å². The number of ether oxygens (including phenoxy) is 2. The molecule has 0 saturated carbocycles. The van der Waals surface area contributed by atoms with E-state index in [1.165, 1.54) is 0 Å². The summed E-state index contributed by atoms with van der Waals surface area (Å²) in [7, 11) is 3.39. The summed E-state index contributed by atoms with van der Waals surface area (Å²) in [6, 6.07) is 0. The third-order valence-electron chi connectivity index (χ3n) is 1.96. The zero-order valence-corrected chi connectivity index (χ0v) is 9.53. The minimum Gasteiger partial charge on any atom is -0.392 e. The molecule has 86 valence electrons. The predicted octanol–water partition coefficient (Wildman–Crippen LogP) is 0.352. The highest BCUT2D eigenvalue weighted by Gasteiger charge is 2.07. The van der Waals surface area contributed by atoms with E-state index in [9.17, 15) is 5.11 Å². The Morgan fingerprint density at radius 2 is 1.79 bits per heavy atom. The lowest BCUT2D eigenvalue weighted by Crippen LogP contribution is -2.34. The zero-order valence-electron chi connectivity index (χ0n) is 9.53. The van der Waals surface area contributed by atoms with Gasteiger partial charge >= 0.3 is 0 Å². The van der Waals surface area contributed by atoms with E-state index in [-0.39, 0.29) is 6.10 Å². The first-order chi connectivity index (χ1) is 6.70. The molecule has 0 amide bonds. The van der Waals surface area contributed by atoms with Crippen molar-refractivity contribution in [1.29, 1.82) is 0 Å². The van der Waals surface area contributed by atoms with Gasteiger partial charge in [0.15, 0.2) is 0 Å². The van der Waals surface area contributed by atoms with E-state index in [2.05, 4.69) is 4.90 Å². The summed E-state index contributed by atoms with van der Waals surface area (Å²) in [5.74, 6) is 0. The lowest BCUT2D eigenvalue weighted by atomic mass is 10.3. The molecule has 0 spiro atoms. The van der Waals surface area contributed by atoms with Crippen molar-refractivity contribution in [1.82, 2.24) is 4.90 Å². The van der Waals surface area contributed by atoms with Crippen LogP contribution in [0.15, 0.2) is 0 Å². The second kappa shape index (κ2) is 9.40. The van der Waals surface area contributed by atoms with Gasteiger partial charge in [-0.3, -0.25) is 4.90 Å². The molecule has 4 nitrogen and oxygen atoms in total. The van der Waals surface area contributed by atoms with Gasteiger partial charge in [-0.25, -0.2) is 0 Å². The molecule has 1 N–H and O–H groups in total. The molecule has 0 saturated heterocycles. The van der Waals surface area contributed by atoms with E-state index in [1.807, 2.05) is 0 Å². The first-order valence-electron chi connectivity index (χ1n) is 5.09. The minimum atomic E-state index is -0.283. The van der Waals surface area contributed by atoms with Crippen LogP contribution in [-0.4, -0.2) is 63.2 Å². The Hall–Kier alpha value is -0.160. The number of methoxy groups -OCH3 is 2. The van der Waals surface area contributed by atoms with Crippen LogP contribution in [0.4, 0.5) is 0 Å². The Morgan fingerprint density at radius 3 is 2.29 bits per heavy atom. The molecule has 0 bridgehead atoms. The van der Waals surface area contributed by atoms with Gasteiger partial charge in [-0.05, 0) is 13.3 Å². The van der Waals surface area contributed by atoms with Crippen LogP contribution in [0, 0.1) is 0 Å². The lowest BCUT2D eigenvalue weighted by molar-refractivity contribution is 0.0899. The number of aliphatic hydroxyl groups excluding tert-OH is 1. The molecule has 0 aliphatic rings. The molecule has 0 rings (SSSR count). The largest absolute Gasteiger partial charge is 0.392 e. The molecule has 0 aromatic heterocycles. The Bertz CT molecular complexity index is 120. The maximum Gasteiger partial charge on any atom is 0.0639 e. The predicted molar refractivity (Wildman–Crippen MR) is 56.5 cm³/mol. The van der Waals surface area contributed by atoms with Crippen molar-refractivity contribution in [2.75, 3.05) is 47.1 Å². The highest BCUT2D eigenvalue weighted by Crippen LogP contribution is 1.95. The van der Waals surface area contributed by atoms with Gasteiger partial charge in [0, 0.05) is 40.5 Å². The third-order valence-corrected chi connectivity index (χ3v) is 1.96. The molecule has 0 fully saturated rings. The van der Waals surface area contributed by atoms with Gasteiger partial charge in [-0.2, -0.15) is 0 Å². The normalized spacial score (nSPS) is 13.5. The summed E-state index contributed by atoms with van der Waals surface area (Å²) < 4.78 is 9.99. The maximum absolute atomic E-state index is 9.26. The fourth-order valence-corrected chi connectivity index (χ4v) is 1.32. The van der Waals surface area contributed by atoms with Gasteiger partial charge in [-0.15, -0.1) is 0 Å². The molecule has 0 aromatic carbocycles. The number of aliphatic hydroxyl groups is 1. The molecule has 0 aliphatic carbocycles. The first kappa shape index (κ1) is 13.8. The summed E-state index contributed by atoms with van der Waals surface area (Å²) in [5.41, 5.74) is 0. The van der Waals surface area contributed by atoms with Crippen molar-refractivity contribution in [3.8, 4) is 0 Å². The minimum absolute atomic E-state index is 0.283. The van der Waals surface area contributed by atoms with Crippen LogP contribution < -0.4 is 0 Å². The highest BCUT2D eigenvalue weighted by molar-refractivity contribution is 4.61. The van der Waals surface area contributed by atoms with Crippen LogP contribution in [0.25, 0.3) is 0 Å². The second-order valence-electron chi connectivity index (χ2n) is 3.49. The summed E-state index contributed by atoms with van der Waals surface area (Å²) in [5, 5.41) is 9.26. The smallest absolute Gasteiger partial charge is 0.0639 e. The zero-order chi connectivity index (χ0) is 10.8. The van der Waals surface area contributed by atoms with Crippen LogP contribution in [0.1, 0.15) is 13.3 Å². The Labute approximate surface area is 86.8 Å². The average Bonchev–Trinajstić information content (AvgIpc) is 2.13. The monoisotopic (exact) mass is 205 g/mol. The van der Waals surface area contributed by atoms with Gasteiger partial charge in [0.2, 0.25) is 0 Å². The molecule has 1 atom stereocenters. The molecule has 14 heavy (non-hydrogen) atoms. The Morgan fingerprint density at radius 1 is 1.14 bits per heavy atom. The molecule has 0 radical (unpaired) electrons. The van der Waals surface area contributed by atoms with Gasteiger partial charge < -0.3 is 14.6 Å². The first-order valence-corrected chi connectivity index (χ1v) is 5.09. The van der Waals surface area contributed by atoms with E-state index in [0.29, 0.717) is 13.2 Å². The summed E-state index contributed by atoms with van der Waals surface area (Å²) in [4.78, 5) is 2.19. The Kier molecular flexibility index (Phi) is 9.29. The van der Waals surface area contributed by atoms with E-state index in [1.54, 1.807) is 21.1 Å². The molecule has 0 aromatic rings. The van der Waals surface area contributed by atoms with Crippen LogP contribution in [0.3, 0.4) is 0 Å². The average molecular weight is 205 g/mol. The van der Waals surface area contributed by atoms with Gasteiger partial charge in [0.1, 0.15) is 0 Å². The third kappa shape index (κ3) is 8.44. The second-order valence-corrected chi connectivity index (χ2v) is 3.49. The van der Waals surface area contributed by atoms with Crippen LogP contribution in [-0.2, 0) is 9.47 Å². The molecule has 0 heterocycles. The number of rotatable bonds is 9. The quantitative estimate of drug-likeness (QED) is 0.552. The van der Waals surface area contributed by atoms with Crippen LogP contribution in [0.5, 0.6) is 0 Å². The Balaban J connectivity index is 3.61. The van der Waals surface area contributed by atoms with Crippen molar-refractivity contribution >= 4 is 0 Å². The van der Waals surface area contributed by atoms with E-state index >= 15 is 0 Å². The molecular formula is C10H23NO3. The van der Waals surface area contributed by atoms with Crippen LogP contribution >= 0.6 is 0 Å². The summed E-state index contributed by atoms with van der Waals surface area (Å²) in [6.07, 6.45) is 0.710. The molecule has 4 heteroatoms. The molecule has 0 unspecified atom stereocenters. The van der Waals surface area contributed by atoms with E-state index in [0.717, 1.165) is 26.1 Å². The SMILES string of the molecule is COCCCN(CCOC)C[C@@H](C)O. The number of nitrogens with zero attached hydrogens (tertiary/aromatic N) is 1. The number of hydrogen-bond donors (Lipinski definition) is 1. The van der Waals surface area contributed by atoms with Crippen molar-refractivity contribution in [2.24, 2.45) is 0 Å². The molecular weight excluding hydrogens is 182 g/mol. The lowest BCUT2D eigenvalue weighted by Gasteiger charge is -2.23. The van der Waals surface area contributed by atoms with E-state index in [4.69, 9.17) is 9.47 Å².